The standard InChI is InChI=1S/C35H41F3O2/c1-3-5-7-9-25-39-32-21-15-28(16-22-32)11-12-30-14-20-31(34(27-30)35(36,37)38)19-13-29-17-23-33(24-18-29)40-26-10-8-6-4-2/h11-24,27H,3-10,25-26H2,1-2H3. The normalized spacial score (nSPS) is 11.9. The molecule has 0 aromatic heterocycles. The molecule has 0 fully saturated rings. The van der Waals surface area contributed by atoms with E-state index in [2.05, 4.69) is 13.8 Å². The number of hydrogen-bond acceptors (Lipinski definition) is 2. The number of halogens is 3. The molecule has 0 aliphatic heterocycles. The van der Waals surface area contributed by atoms with Gasteiger partial charge in [-0.05, 0) is 65.4 Å². The predicted octanol–water partition coefficient (Wildman–Crippen LogP) is 11.0. The van der Waals surface area contributed by atoms with Gasteiger partial charge in [0.1, 0.15) is 11.5 Å². The molecule has 0 bridgehead atoms. The number of ether oxygens (including phenoxy) is 2. The van der Waals surface area contributed by atoms with Crippen LogP contribution in [0.1, 0.15) is 93.0 Å². The molecule has 214 valence electrons. The van der Waals surface area contributed by atoms with E-state index in [-0.39, 0.29) is 5.56 Å². The first kappa shape index (κ1) is 31.1. The third-order valence-corrected chi connectivity index (χ3v) is 6.60. The third kappa shape index (κ3) is 11.0. The average molecular weight is 551 g/mol. The molecular formula is C35H41F3O2. The Hall–Kier alpha value is -3.47. The van der Waals surface area contributed by atoms with Gasteiger partial charge in [0.15, 0.2) is 0 Å². The summed E-state index contributed by atoms with van der Waals surface area (Å²) in [7, 11) is 0. The van der Waals surface area contributed by atoms with Crippen LogP contribution in [0, 0.1) is 0 Å². The zero-order valence-corrected chi connectivity index (χ0v) is 23.7. The molecule has 40 heavy (non-hydrogen) atoms. The molecular weight excluding hydrogens is 509 g/mol. The second-order valence-corrected chi connectivity index (χ2v) is 9.97. The van der Waals surface area contributed by atoms with Crippen LogP contribution >= 0.6 is 0 Å². The highest BCUT2D eigenvalue weighted by atomic mass is 19.4. The summed E-state index contributed by atoms with van der Waals surface area (Å²) in [5.41, 5.74) is 1.65. The van der Waals surface area contributed by atoms with E-state index >= 15 is 0 Å². The highest BCUT2D eigenvalue weighted by Crippen LogP contribution is 2.34. The van der Waals surface area contributed by atoms with Crippen LogP contribution in [0.3, 0.4) is 0 Å². The lowest BCUT2D eigenvalue weighted by Crippen LogP contribution is -2.07. The first-order chi connectivity index (χ1) is 19.4. The van der Waals surface area contributed by atoms with Gasteiger partial charge in [-0.2, -0.15) is 13.2 Å². The first-order valence-electron chi connectivity index (χ1n) is 14.4. The monoisotopic (exact) mass is 550 g/mol. The van der Waals surface area contributed by atoms with Gasteiger partial charge in [-0.15, -0.1) is 0 Å². The molecule has 0 aliphatic carbocycles. The summed E-state index contributed by atoms with van der Waals surface area (Å²) in [4.78, 5) is 0. The van der Waals surface area contributed by atoms with Crippen molar-refractivity contribution in [1.82, 2.24) is 0 Å². The lowest BCUT2D eigenvalue weighted by Gasteiger charge is -2.11. The van der Waals surface area contributed by atoms with E-state index in [1.54, 1.807) is 18.2 Å². The van der Waals surface area contributed by atoms with Crippen molar-refractivity contribution in [2.24, 2.45) is 0 Å². The van der Waals surface area contributed by atoms with Gasteiger partial charge in [-0.25, -0.2) is 0 Å². The Balaban J connectivity index is 1.61. The summed E-state index contributed by atoms with van der Waals surface area (Å²) >= 11 is 0. The second kappa shape index (κ2) is 16.6. The molecule has 2 nitrogen and oxygen atoms in total. The van der Waals surface area contributed by atoms with Crippen molar-refractivity contribution in [2.45, 2.75) is 71.4 Å². The van der Waals surface area contributed by atoms with Crippen LogP contribution in [-0.2, 0) is 6.18 Å². The Labute approximate surface area is 237 Å². The summed E-state index contributed by atoms with van der Waals surface area (Å²) < 4.78 is 53.2. The number of hydrogen-bond donors (Lipinski definition) is 0. The molecule has 0 radical (unpaired) electrons. The Morgan fingerprint density at radius 1 is 0.550 bits per heavy atom. The second-order valence-electron chi connectivity index (χ2n) is 9.97. The van der Waals surface area contributed by atoms with Crippen molar-refractivity contribution in [1.29, 1.82) is 0 Å². The van der Waals surface area contributed by atoms with Gasteiger partial charge in [0.05, 0.1) is 18.8 Å². The summed E-state index contributed by atoms with van der Waals surface area (Å²) in [6.07, 6.45) is 11.4. The number of alkyl halides is 3. The summed E-state index contributed by atoms with van der Waals surface area (Å²) in [5, 5.41) is 0. The van der Waals surface area contributed by atoms with Crippen molar-refractivity contribution in [3.8, 4) is 11.5 Å². The zero-order valence-electron chi connectivity index (χ0n) is 23.7. The van der Waals surface area contributed by atoms with E-state index in [0.717, 1.165) is 48.3 Å². The van der Waals surface area contributed by atoms with Crippen molar-refractivity contribution < 1.29 is 22.6 Å². The largest absolute Gasteiger partial charge is 0.494 e. The molecule has 0 aliphatic rings. The summed E-state index contributed by atoms with van der Waals surface area (Å²) in [6, 6.07) is 19.4. The number of benzene rings is 3. The molecule has 0 unspecified atom stereocenters. The molecule has 0 N–H and O–H groups in total. The fourth-order valence-corrected chi connectivity index (χ4v) is 4.23. The predicted molar refractivity (Wildman–Crippen MR) is 161 cm³/mol. The first-order valence-corrected chi connectivity index (χ1v) is 14.4. The van der Waals surface area contributed by atoms with Gasteiger partial charge in [-0.3, -0.25) is 0 Å². The lowest BCUT2D eigenvalue weighted by molar-refractivity contribution is -0.137. The zero-order chi connectivity index (χ0) is 28.6. The lowest BCUT2D eigenvalue weighted by atomic mass is 10.0. The van der Waals surface area contributed by atoms with Crippen LogP contribution in [0.5, 0.6) is 11.5 Å². The van der Waals surface area contributed by atoms with Crippen molar-refractivity contribution in [2.75, 3.05) is 13.2 Å². The highest BCUT2D eigenvalue weighted by Gasteiger charge is 2.32. The molecule has 5 heteroatoms. The van der Waals surface area contributed by atoms with Gasteiger partial charge in [0.2, 0.25) is 0 Å². The van der Waals surface area contributed by atoms with Gasteiger partial charge in [-0.1, -0.05) is 113 Å². The van der Waals surface area contributed by atoms with E-state index in [0.29, 0.717) is 18.8 Å². The smallest absolute Gasteiger partial charge is 0.417 e. The van der Waals surface area contributed by atoms with Gasteiger partial charge < -0.3 is 9.47 Å². The quantitative estimate of drug-likeness (QED) is 0.130. The minimum absolute atomic E-state index is 0.126. The number of unbranched alkanes of at least 4 members (excludes halogenated alkanes) is 6. The van der Waals surface area contributed by atoms with Crippen molar-refractivity contribution >= 4 is 24.3 Å². The fourth-order valence-electron chi connectivity index (χ4n) is 4.23. The van der Waals surface area contributed by atoms with E-state index in [1.807, 2.05) is 54.6 Å². The van der Waals surface area contributed by atoms with Crippen molar-refractivity contribution in [3.05, 3.63) is 94.5 Å². The van der Waals surface area contributed by atoms with Crippen LogP contribution in [0.4, 0.5) is 13.2 Å². The van der Waals surface area contributed by atoms with Gasteiger partial charge in [0, 0.05) is 0 Å². The molecule has 3 aromatic rings. The molecule has 0 heterocycles. The third-order valence-electron chi connectivity index (χ3n) is 6.60. The Kier molecular flexibility index (Phi) is 12.9. The summed E-state index contributed by atoms with van der Waals surface area (Å²) in [5.74, 6) is 1.57. The molecule has 0 atom stereocenters. The Bertz CT molecular complexity index is 1190. The molecule has 0 amide bonds. The SMILES string of the molecule is CCCCCCOc1ccc(C=Cc2ccc(C=Cc3ccc(OCCCCCC)cc3)c(C(F)(F)F)c2)cc1. The fraction of sp³-hybridized carbons (Fsp3) is 0.371. The van der Waals surface area contributed by atoms with Crippen LogP contribution in [0.2, 0.25) is 0 Å². The summed E-state index contributed by atoms with van der Waals surface area (Å²) in [6.45, 7) is 5.71. The van der Waals surface area contributed by atoms with E-state index in [9.17, 15) is 13.2 Å². The van der Waals surface area contributed by atoms with E-state index in [4.69, 9.17) is 9.47 Å². The van der Waals surface area contributed by atoms with E-state index in [1.165, 1.54) is 43.9 Å². The maximum absolute atomic E-state index is 13.9. The van der Waals surface area contributed by atoms with Crippen LogP contribution in [0.15, 0.2) is 66.7 Å². The maximum atomic E-state index is 13.9. The maximum Gasteiger partial charge on any atom is 0.417 e. The van der Waals surface area contributed by atoms with Gasteiger partial charge in [0.25, 0.3) is 0 Å². The van der Waals surface area contributed by atoms with E-state index < -0.39 is 11.7 Å². The molecule has 0 saturated carbocycles. The molecule has 3 aromatic carbocycles. The minimum Gasteiger partial charge on any atom is -0.494 e. The van der Waals surface area contributed by atoms with Crippen LogP contribution < -0.4 is 9.47 Å². The topological polar surface area (TPSA) is 18.5 Å². The molecule has 3 rings (SSSR count). The van der Waals surface area contributed by atoms with Crippen LogP contribution in [0.25, 0.3) is 24.3 Å². The van der Waals surface area contributed by atoms with Gasteiger partial charge >= 0.3 is 6.18 Å². The van der Waals surface area contributed by atoms with Crippen molar-refractivity contribution in [3.63, 3.8) is 0 Å². The Morgan fingerprint density at radius 3 is 1.48 bits per heavy atom. The minimum atomic E-state index is -4.46. The van der Waals surface area contributed by atoms with Crippen LogP contribution in [-0.4, -0.2) is 13.2 Å². The molecule has 0 saturated heterocycles. The highest BCUT2D eigenvalue weighted by molar-refractivity contribution is 5.75. The Morgan fingerprint density at radius 2 is 1.00 bits per heavy atom. The number of rotatable bonds is 16. The average Bonchev–Trinajstić information content (AvgIpc) is 2.96. The molecule has 0 spiro atoms.